The molecule has 0 radical (unpaired) electrons. The molecule has 90 valence electrons. The molecule has 2 heterocycles. The van der Waals surface area contributed by atoms with E-state index in [2.05, 4.69) is 10.6 Å². The molecule has 2 N–H and O–H groups in total. The quantitative estimate of drug-likeness (QED) is 0.772. The van der Waals surface area contributed by atoms with Crippen LogP contribution in [0, 0.1) is 0 Å². The van der Waals surface area contributed by atoms with Gasteiger partial charge in [-0.25, -0.2) is 0 Å². The van der Waals surface area contributed by atoms with Crippen molar-refractivity contribution < 1.29 is 4.74 Å². The average molecular weight is 231 g/mol. The van der Waals surface area contributed by atoms with Crippen molar-refractivity contribution in [2.24, 2.45) is 4.99 Å². The molecule has 2 aliphatic heterocycles. The monoisotopic (exact) mass is 231 g/mol. The van der Waals surface area contributed by atoms with Crippen molar-refractivity contribution in [3.63, 3.8) is 0 Å². The zero-order valence-corrected chi connectivity index (χ0v) is 9.78. The maximum atomic E-state index is 5.67. The van der Waals surface area contributed by atoms with Crippen LogP contribution in [0.25, 0.3) is 0 Å². The van der Waals surface area contributed by atoms with Gasteiger partial charge in [-0.3, -0.25) is 4.99 Å². The number of hydrogen-bond acceptors (Lipinski definition) is 3. The molecule has 1 aromatic rings. The Bertz CT molecular complexity index is 424. The van der Waals surface area contributed by atoms with Gasteiger partial charge in [-0.2, -0.15) is 0 Å². The van der Waals surface area contributed by atoms with Gasteiger partial charge in [-0.05, 0) is 38.1 Å². The van der Waals surface area contributed by atoms with E-state index in [-0.39, 0.29) is 0 Å². The van der Waals surface area contributed by atoms with Crippen molar-refractivity contribution in [1.82, 2.24) is 5.32 Å². The van der Waals surface area contributed by atoms with Crippen molar-refractivity contribution in [2.75, 3.05) is 25.0 Å². The molecule has 0 amide bonds. The van der Waals surface area contributed by atoms with Crippen molar-refractivity contribution in [3.05, 3.63) is 24.3 Å². The van der Waals surface area contributed by atoms with Crippen molar-refractivity contribution >= 4 is 11.5 Å². The zero-order valence-electron chi connectivity index (χ0n) is 9.78. The lowest BCUT2D eigenvalue weighted by atomic mass is 10.1. The summed E-state index contributed by atoms with van der Waals surface area (Å²) in [5.74, 6) is 1.87. The Hall–Kier alpha value is -1.55. The highest BCUT2D eigenvalue weighted by Gasteiger charge is 2.17. The Morgan fingerprint density at radius 3 is 2.88 bits per heavy atom. The highest BCUT2D eigenvalue weighted by molar-refractivity contribution is 5.99. The summed E-state index contributed by atoms with van der Waals surface area (Å²) in [4.78, 5) is 4.73. The van der Waals surface area contributed by atoms with E-state index in [4.69, 9.17) is 9.73 Å². The molecule has 4 heteroatoms. The first-order chi connectivity index (χ1) is 8.42. The molecule has 17 heavy (non-hydrogen) atoms. The number of rotatable bonds is 1. The third-order valence-electron chi connectivity index (χ3n) is 3.18. The zero-order chi connectivity index (χ0) is 11.5. The van der Waals surface area contributed by atoms with Crippen LogP contribution in [0.5, 0.6) is 5.75 Å². The molecule has 1 aromatic carbocycles. The van der Waals surface area contributed by atoms with E-state index in [1.165, 1.54) is 0 Å². The second-order valence-electron chi connectivity index (χ2n) is 4.47. The number of nitrogens with zero attached hydrogens (tertiary/aromatic N) is 1. The van der Waals surface area contributed by atoms with Gasteiger partial charge in [-0.15, -0.1) is 0 Å². The number of anilines is 1. The summed E-state index contributed by atoms with van der Waals surface area (Å²) in [6.07, 6.45) is 2.24. The molecule has 1 fully saturated rings. The molecule has 0 unspecified atom stereocenters. The van der Waals surface area contributed by atoms with Crippen LogP contribution < -0.4 is 15.4 Å². The minimum absolute atomic E-state index is 0.438. The number of hydrogen-bond donors (Lipinski definition) is 2. The fourth-order valence-electron chi connectivity index (χ4n) is 2.26. The van der Waals surface area contributed by atoms with Gasteiger partial charge in [0, 0.05) is 0 Å². The molecule has 0 atom stereocenters. The third-order valence-corrected chi connectivity index (χ3v) is 3.18. The van der Waals surface area contributed by atoms with Gasteiger partial charge in [-0.1, -0.05) is 12.1 Å². The van der Waals surface area contributed by atoms with Crippen LogP contribution in [0.4, 0.5) is 5.69 Å². The molecule has 3 rings (SSSR count). The van der Waals surface area contributed by atoms with Gasteiger partial charge in [0.15, 0.2) is 0 Å². The fourth-order valence-corrected chi connectivity index (χ4v) is 2.26. The maximum absolute atomic E-state index is 5.67. The number of ether oxygens (including phenoxy) is 1. The van der Waals surface area contributed by atoms with Crippen molar-refractivity contribution in [3.8, 4) is 5.75 Å². The first kappa shape index (κ1) is 10.6. The lowest BCUT2D eigenvalue weighted by Crippen LogP contribution is -2.33. The number of nitrogens with one attached hydrogen (secondary N) is 2. The molecule has 0 aliphatic carbocycles. The summed E-state index contributed by atoms with van der Waals surface area (Å²) in [5.41, 5.74) is 1.02. The lowest BCUT2D eigenvalue weighted by molar-refractivity contribution is 0.369. The first-order valence-electron chi connectivity index (χ1n) is 6.18. The second kappa shape index (κ2) is 4.75. The van der Waals surface area contributed by atoms with E-state index in [9.17, 15) is 0 Å². The Morgan fingerprint density at radius 1 is 1.18 bits per heavy atom. The Morgan fingerprint density at radius 2 is 2.00 bits per heavy atom. The van der Waals surface area contributed by atoms with Crippen molar-refractivity contribution in [2.45, 2.75) is 18.9 Å². The van der Waals surface area contributed by atoms with Gasteiger partial charge >= 0.3 is 0 Å². The molecule has 0 spiro atoms. The van der Waals surface area contributed by atoms with E-state index in [0.29, 0.717) is 12.6 Å². The molecule has 0 bridgehead atoms. The Kier molecular flexibility index (Phi) is 2.96. The maximum Gasteiger partial charge on any atom is 0.146 e. The largest absolute Gasteiger partial charge is 0.484 e. The smallest absolute Gasteiger partial charge is 0.146 e. The van der Waals surface area contributed by atoms with E-state index in [1.54, 1.807) is 0 Å². The number of fused-ring (bicyclic) bond motifs is 1. The van der Waals surface area contributed by atoms with Crippen LogP contribution in [-0.2, 0) is 0 Å². The Balaban J connectivity index is 1.72. The van der Waals surface area contributed by atoms with Crippen LogP contribution in [0.15, 0.2) is 29.3 Å². The predicted molar refractivity (Wildman–Crippen MR) is 68.9 cm³/mol. The molecular weight excluding hydrogens is 214 g/mol. The first-order valence-corrected chi connectivity index (χ1v) is 6.18. The summed E-state index contributed by atoms with van der Waals surface area (Å²) < 4.78 is 5.67. The normalized spacial score (nSPS) is 22.7. The number of benzene rings is 1. The summed E-state index contributed by atoms with van der Waals surface area (Å²) in [6, 6.07) is 8.42. The lowest BCUT2D eigenvalue weighted by Gasteiger charge is -2.24. The summed E-state index contributed by atoms with van der Waals surface area (Å²) in [7, 11) is 0. The van der Waals surface area contributed by atoms with Gasteiger partial charge in [0.2, 0.25) is 0 Å². The van der Waals surface area contributed by atoms with Crippen LogP contribution in [-0.4, -0.2) is 31.6 Å². The van der Waals surface area contributed by atoms with Gasteiger partial charge in [0.25, 0.3) is 0 Å². The Labute approximate surface area is 101 Å². The summed E-state index contributed by atoms with van der Waals surface area (Å²) in [6.45, 7) is 2.69. The number of para-hydroxylation sites is 2. The van der Waals surface area contributed by atoms with E-state index in [1.807, 2.05) is 24.3 Å². The van der Waals surface area contributed by atoms with E-state index < -0.39 is 0 Å². The molecule has 2 aliphatic rings. The van der Waals surface area contributed by atoms with Gasteiger partial charge in [0.1, 0.15) is 18.2 Å². The molecule has 4 nitrogen and oxygen atoms in total. The minimum atomic E-state index is 0.438. The molecular formula is C13H17N3O. The minimum Gasteiger partial charge on any atom is -0.484 e. The highest BCUT2D eigenvalue weighted by Crippen LogP contribution is 2.26. The van der Waals surface area contributed by atoms with Gasteiger partial charge in [0.05, 0.1) is 11.7 Å². The standard InChI is InChI=1S/C13H17N3O/c1-2-4-12-11(3-1)16-13(9-17-12)15-10-5-7-14-8-6-10/h1-4,10,14H,5-9H2,(H,15,16). The topological polar surface area (TPSA) is 45.7 Å². The predicted octanol–water partition coefficient (Wildman–Crippen LogP) is 1.64. The van der Waals surface area contributed by atoms with Crippen LogP contribution in [0.3, 0.4) is 0 Å². The molecule has 0 saturated carbocycles. The summed E-state index contributed by atoms with van der Waals surface area (Å²) >= 11 is 0. The van der Waals surface area contributed by atoms with Gasteiger partial charge < -0.3 is 15.4 Å². The van der Waals surface area contributed by atoms with E-state index in [0.717, 1.165) is 43.2 Å². The molecule has 1 saturated heterocycles. The average Bonchev–Trinajstić information content (AvgIpc) is 2.40. The van der Waals surface area contributed by atoms with Crippen LogP contribution in [0.1, 0.15) is 12.8 Å². The SMILES string of the molecule is c1ccc2c(c1)NC(=NC1CCNCC1)CO2. The number of amidine groups is 1. The number of piperidine rings is 1. The number of aliphatic imine (C=N–C) groups is 1. The van der Waals surface area contributed by atoms with Crippen molar-refractivity contribution in [1.29, 1.82) is 0 Å². The summed E-state index contributed by atoms with van der Waals surface area (Å²) in [5, 5.41) is 6.70. The van der Waals surface area contributed by atoms with Crippen LogP contribution >= 0.6 is 0 Å². The fraction of sp³-hybridized carbons (Fsp3) is 0.462. The van der Waals surface area contributed by atoms with E-state index >= 15 is 0 Å². The highest BCUT2D eigenvalue weighted by atomic mass is 16.5. The van der Waals surface area contributed by atoms with Crippen LogP contribution in [0.2, 0.25) is 0 Å². The third kappa shape index (κ3) is 2.42. The molecule has 0 aromatic heterocycles. The second-order valence-corrected chi connectivity index (χ2v) is 4.47.